The molecule has 0 fully saturated rings. The first-order valence-corrected chi connectivity index (χ1v) is 6.63. The lowest BCUT2D eigenvalue weighted by atomic mass is 10.1. The highest BCUT2D eigenvalue weighted by molar-refractivity contribution is 6.31. The summed E-state index contributed by atoms with van der Waals surface area (Å²) in [5.74, 6) is 0.442. The second-order valence-electron chi connectivity index (χ2n) is 4.50. The molecule has 2 aromatic carbocycles. The van der Waals surface area contributed by atoms with E-state index in [1.54, 1.807) is 18.2 Å². The van der Waals surface area contributed by atoms with Crippen molar-refractivity contribution in [3.05, 3.63) is 52.8 Å². The average molecular weight is 308 g/mol. The summed E-state index contributed by atoms with van der Waals surface area (Å²) < 4.78 is 23.7. The van der Waals surface area contributed by atoms with Crippen molar-refractivity contribution in [2.45, 2.75) is 6.42 Å². The summed E-state index contributed by atoms with van der Waals surface area (Å²) in [5.41, 5.74) is 1.17. The molecule has 108 valence electrons. The number of anilines is 1. The van der Waals surface area contributed by atoms with Crippen LogP contribution in [0.4, 0.5) is 10.1 Å². The van der Waals surface area contributed by atoms with E-state index in [2.05, 4.69) is 5.32 Å². The number of ether oxygens (including phenoxy) is 2. The van der Waals surface area contributed by atoms with Crippen LogP contribution in [-0.2, 0) is 11.2 Å². The number of carbonyl (C=O) groups excluding carboxylic acids is 1. The number of hydrogen-bond donors (Lipinski definition) is 1. The highest BCUT2D eigenvalue weighted by Gasteiger charge is 2.19. The molecule has 21 heavy (non-hydrogen) atoms. The molecule has 0 aromatic heterocycles. The van der Waals surface area contributed by atoms with E-state index in [1.807, 2.05) is 0 Å². The quantitative estimate of drug-likeness (QED) is 0.945. The number of para-hydroxylation sites is 1. The van der Waals surface area contributed by atoms with Crippen molar-refractivity contribution in [3.8, 4) is 11.5 Å². The zero-order valence-corrected chi connectivity index (χ0v) is 11.6. The second kappa shape index (κ2) is 5.61. The summed E-state index contributed by atoms with van der Waals surface area (Å²) in [5, 5.41) is 2.63. The first-order chi connectivity index (χ1) is 10.1. The van der Waals surface area contributed by atoms with Gasteiger partial charge in [-0.2, -0.15) is 0 Å². The number of fused-ring (bicyclic) bond motifs is 1. The number of halogens is 2. The minimum Gasteiger partial charge on any atom is -0.454 e. The number of carbonyl (C=O) groups is 1. The number of amides is 1. The normalized spacial score (nSPS) is 12.3. The van der Waals surface area contributed by atoms with Crippen molar-refractivity contribution in [3.63, 3.8) is 0 Å². The fourth-order valence-electron chi connectivity index (χ4n) is 2.08. The van der Waals surface area contributed by atoms with E-state index in [0.29, 0.717) is 17.2 Å². The fourth-order valence-corrected chi connectivity index (χ4v) is 2.26. The number of nitrogens with one attached hydrogen (secondary N) is 1. The van der Waals surface area contributed by atoms with Crippen LogP contribution in [0.2, 0.25) is 5.02 Å². The van der Waals surface area contributed by atoms with Crippen molar-refractivity contribution in [2.24, 2.45) is 0 Å². The first-order valence-electron chi connectivity index (χ1n) is 6.26. The molecule has 1 amide bonds. The van der Waals surface area contributed by atoms with Gasteiger partial charge in [-0.1, -0.05) is 23.7 Å². The Morgan fingerprint density at radius 1 is 1.29 bits per heavy atom. The second-order valence-corrected chi connectivity index (χ2v) is 4.91. The lowest BCUT2D eigenvalue weighted by Crippen LogP contribution is -2.14. The van der Waals surface area contributed by atoms with E-state index >= 15 is 0 Å². The summed E-state index contributed by atoms with van der Waals surface area (Å²) in [6.07, 6.45) is 0.127. The summed E-state index contributed by atoms with van der Waals surface area (Å²) >= 11 is 5.67. The lowest BCUT2D eigenvalue weighted by molar-refractivity contribution is -0.115. The highest BCUT2D eigenvalue weighted by atomic mass is 35.5. The minimum atomic E-state index is -0.527. The Labute approximate surface area is 125 Å². The van der Waals surface area contributed by atoms with Crippen LogP contribution in [0.3, 0.4) is 0 Å². The van der Waals surface area contributed by atoms with Crippen LogP contribution >= 0.6 is 11.6 Å². The van der Waals surface area contributed by atoms with Gasteiger partial charge in [0.2, 0.25) is 12.7 Å². The van der Waals surface area contributed by atoms with Gasteiger partial charge in [0.05, 0.1) is 11.4 Å². The Kier molecular flexibility index (Phi) is 3.66. The number of hydrogen-bond acceptors (Lipinski definition) is 3. The largest absolute Gasteiger partial charge is 0.454 e. The molecule has 0 atom stereocenters. The summed E-state index contributed by atoms with van der Waals surface area (Å²) in [4.78, 5) is 12.0. The van der Waals surface area contributed by atoms with Gasteiger partial charge in [-0.05, 0) is 24.3 Å². The number of rotatable bonds is 3. The van der Waals surface area contributed by atoms with Gasteiger partial charge < -0.3 is 14.8 Å². The van der Waals surface area contributed by atoms with E-state index in [4.69, 9.17) is 21.1 Å². The molecule has 0 unspecified atom stereocenters. The fraction of sp³-hybridized carbons (Fsp3) is 0.133. The zero-order valence-electron chi connectivity index (χ0n) is 10.9. The summed E-state index contributed by atoms with van der Waals surface area (Å²) in [6.45, 7) is 0.154. The molecule has 0 aliphatic carbocycles. The van der Waals surface area contributed by atoms with E-state index in [1.165, 1.54) is 18.2 Å². The molecule has 3 rings (SSSR count). The van der Waals surface area contributed by atoms with Gasteiger partial charge >= 0.3 is 0 Å². The monoisotopic (exact) mass is 307 g/mol. The molecule has 6 heteroatoms. The van der Waals surface area contributed by atoms with Gasteiger partial charge in [0.15, 0.2) is 11.5 Å². The van der Waals surface area contributed by atoms with Crippen LogP contribution < -0.4 is 14.8 Å². The highest BCUT2D eigenvalue weighted by Crippen LogP contribution is 2.35. The van der Waals surface area contributed by atoms with Crippen molar-refractivity contribution in [1.82, 2.24) is 0 Å². The molecule has 1 heterocycles. The Hall–Kier alpha value is -2.27. The Balaban J connectivity index is 1.72. The maximum Gasteiger partial charge on any atom is 0.231 e. The van der Waals surface area contributed by atoms with Crippen LogP contribution in [0.25, 0.3) is 0 Å². The Morgan fingerprint density at radius 3 is 2.95 bits per heavy atom. The third-order valence-electron chi connectivity index (χ3n) is 3.03. The SMILES string of the molecule is O=C(Cc1cccc2c1OCO2)Nc1ccc(F)c(Cl)c1. The third-order valence-corrected chi connectivity index (χ3v) is 3.32. The van der Waals surface area contributed by atoms with Crippen molar-refractivity contribution in [1.29, 1.82) is 0 Å². The maximum atomic E-state index is 13.1. The van der Waals surface area contributed by atoms with Gasteiger partial charge in [0.1, 0.15) is 5.82 Å². The predicted octanol–water partition coefficient (Wildman–Crippen LogP) is 3.39. The van der Waals surface area contributed by atoms with Gasteiger partial charge in [0, 0.05) is 11.3 Å². The Bertz CT molecular complexity index is 705. The molecule has 0 saturated carbocycles. The minimum absolute atomic E-state index is 0.0369. The molecule has 0 spiro atoms. The third kappa shape index (κ3) is 2.92. The molecule has 0 radical (unpaired) electrons. The van der Waals surface area contributed by atoms with Crippen molar-refractivity contribution in [2.75, 3.05) is 12.1 Å². The van der Waals surface area contributed by atoms with E-state index < -0.39 is 5.82 Å². The maximum absolute atomic E-state index is 13.1. The molecular weight excluding hydrogens is 297 g/mol. The molecule has 1 aliphatic heterocycles. The van der Waals surface area contributed by atoms with Gasteiger partial charge in [-0.3, -0.25) is 4.79 Å². The van der Waals surface area contributed by atoms with Crippen LogP contribution in [0.1, 0.15) is 5.56 Å². The van der Waals surface area contributed by atoms with Crippen LogP contribution in [0, 0.1) is 5.82 Å². The first kappa shape index (κ1) is 13.7. The standard InChI is InChI=1S/C15H11ClFNO3/c16-11-7-10(4-5-12(11)17)18-14(19)6-9-2-1-3-13-15(9)21-8-20-13/h1-5,7H,6,8H2,(H,18,19). The molecule has 1 aliphatic rings. The molecular formula is C15H11ClFNO3. The van der Waals surface area contributed by atoms with E-state index in [-0.39, 0.29) is 24.1 Å². The van der Waals surface area contributed by atoms with E-state index in [9.17, 15) is 9.18 Å². The topological polar surface area (TPSA) is 47.6 Å². The molecule has 0 bridgehead atoms. The smallest absolute Gasteiger partial charge is 0.231 e. The van der Waals surface area contributed by atoms with Gasteiger partial charge in [0.25, 0.3) is 0 Å². The van der Waals surface area contributed by atoms with Gasteiger partial charge in [-0.15, -0.1) is 0 Å². The number of benzene rings is 2. The predicted molar refractivity (Wildman–Crippen MR) is 76.3 cm³/mol. The molecule has 0 saturated heterocycles. The average Bonchev–Trinajstić information content (AvgIpc) is 2.92. The van der Waals surface area contributed by atoms with Crippen LogP contribution in [0.5, 0.6) is 11.5 Å². The van der Waals surface area contributed by atoms with Crippen LogP contribution in [0.15, 0.2) is 36.4 Å². The summed E-state index contributed by atoms with van der Waals surface area (Å²) in [6, 6.07) is 9.40. The zero-order chi connectivity index (χ0) is 14.8. The summed E-state index contributed by atoms with van der Waals surface area (Å²) in [7, 11) is 0. The lowest BCUT2D eigenvalue weighted by Gasteiger charge is -2.08. The van der Waals surface area contributed by atoms with Crippen LogP contribution in [-0.4, -0.2) is 12.7 Å². The Morgan fingerprint density at radius 2 is 2.14 bits per heavy atom. The molecule has 2 aromatic rings. The van der Waals surface area contributed by atoms with E-state index in [0.717, 1.165) is 5.56 Å². The molecule has 1 N–H and O–H groups in total. The van der Waals surface area contributed by atoms with Gasteiger partial charge in [-0.25, -0.2) is 4.39 Å². The molecule has 4 nitrogen and oxygen atoms in total. The van der Waals surface area contributed by atoms with Crippen molar-refractivity contribution >= 4 is 23.2 Å². The van der Waals surface area contributed by atoms with Crippen molar-refractivity contribution < 1.29 is 18.7 Å².